The Morgan fingerprint density at radius 3 is 2.78 bits per heavy atom. The molecule has 5 nitrogen and oxygen atoms in total. The van der Waals surface area contributed by atoms with Crippen LogP contribution in [0, 0.1) is 12.8 Å². The predicted molar refractivity (Wildman–Crippen MR) is 73.8 cm³/mol. The van der Waals surface area contributed by atoms with Gasteiger partial charge in [0.05, 0.1) is 5.69 Å². The van der Waals surface area contributed by atoms with E-state index in [1.54, 1.807) is 0 Å². The number of carbonyl (C=O) groups is 1. The summed E-state index contributed by atoms with van der Waals surface area (Å²) in [6.07, 6.45) is 2.31. The molecule has 1 aromatic heterocycles. The van der Waals surface area contributed by atoms with Gasteiger partial charge in [-0.15, -0.1) is 0 Å². The van der Waals surface area contributed by atoms with Crippen LogP contribution in [0.5, 0.6) is 0 Å². The number of thiazole rings is 1. The van der Waals surface area contributed by atoms with Crippen LogP contribution in [0.15, 0.2) is 0 Å². The van der Waals surface area contributed by atoms with E-state index in [9.17, 15) is 4.79 Å². The van der Waals surface area contributed by atoms with Crippen molar-refractivity contribution in [3.05, 3.63) is 10.6 Å². The highest BCUT2D eigenvalue weighted by molar-refractivity contribution is 7.17. The van der Waals surface area contributed by atoms with Crippen LogP contribution in [0.1, 0.15) is 28.2 Å². The van der Waals surface area contributed by atoms with Crippen molar-refractivity contribution in [3.8, 4) is 0 Å². The first-order valence-electron chi connectivity index (χ1n) is 6.26. The predicted octanol–water partition coefficient (Wildman–Crippen LogP) is 1.11. The summed E-state index contributed by atoms with van der Waals surface area (Å²) in [5, 5.41) is 3.45. The first-order chi connectivity index (χ1) is 8.56. The molecule has 18 heavy (non-hydrogen) atoms. The number of amides is 1. The molecule has 0 atom stereocenters. The Hall–Kier alpha value is -1.14. The number of aromatic nitrogens is 1. The number of nitrogen functional groups attached to an aromatic ring is 1. The number of anilines is 1. The Balaban J connectivity index is 1.83. The molecule has 1 fully saturated rings. The molecule has 0 aliphatic carbocycles. The molecule has 1 amide bonds. The van der Waals surface area contributed by atoms with Crippen molar-refractivity contribution in [2.75, 3.05) is 32.4 Å². The summed E-state index contributed by atoms with van der Waals surface area (Å²) in [6.45, 7) is 4.81. The molecule has 0 bridgehead atoms. The maximum Gasteiger partial charge on any atom is 0.263 e. The van der Waals surface area contributed by atoms with Crippen LogP contribution in [0.2, 0.25) is 0 Å². The minimum absolute atomic E-state index is 0.0411. The van der Waals surface area contributed by atoms with Crippen LogP contribution in [-0.2, 0) is 0 Å². The van der Waals surface area contributed by atoms with Crippen molar-refractivity contribution in [1.29, 1.82) is 0 Å². The number of likely N-dealkylation sites (tertiary alicyclic amines) is 1. The van der Waals surface area contributed by atoms with Crippen molar-refractivity contribution in [2.24, 2.45) is 5.92 Å². The lowest BCUT2D eigenvalue weighted by atomic mass is 9.97. The van der Waals surface area contributed by atoms with Gasteiger partial charge in [-0.2, -0.15) is 0 Å². The third kappa shape index (κ3) is 3.20. The molecule has 0 radical (unpaired) electrons. The van der Waals surface area contributed by atoms with Crippen LogP contribution in [-0.4, -0.2) is 42.5 Å². The molecule has 1 aliphatic rings. The van der Waals surface area contributed by atoms with Gasteiger partial charge in [-0.05, 0) is 45.8 Å². The summed E-state index contributed by atoms with van der Waals surface area (Å²) in [4.78, 5) is 19.0. The van der Waals surface area contributed by atoms with Gasteiger partial charge in [-0.25, -0.2) is 4.98 Å². The third-order valence-corrected chi connectivity index (χ3v) is 4.39. The third-order valence-electron chi connectivity index (χ3n) is 3.41. The zero-order valence-electron chi connectivity index (χ0n) is 10.9. The fourth-order valence-electron chi connectivity index (χ4n) is 2.21. The van der Waals surface area contributed by atoms with Crippen LogP contribution >= 0.6 is 11.3 Å². The number of piperidine rings is 1. The molecule has 0 aromatic carbocycles. The molecule has 1 aromatic rings. The van der Waals surface area contributed by atoms with E-state index in [4.69, 9.17) is 5.73 Å². The van der Waals surface area contributed by atoms with E-state index >= 15 is 0 Å². The second kappa shape index (κ2) is 5.67. The second-order valence-corrected chi connectivity index (χ2v) is 5.95. The normalized spacial score (nSPS) is 17.9. The Bertz CT molecular complexity index is 424. The topological polar surface area (TPSA) is 71.2 Å². The Labute approximate surface area is 111 Å². The van der Waals surface area contributed by atoms with Gasteiger partial charge in [0.25, 0.3) is 5.91 Å². The van der Waals surface area contributed by atoms with Gasteiger partial charge >= 0.3 is 0 Å². The molecule has 1 aliphatic heterocycles. The molecular weight excluding hydrogens is 248 g/mol. The minimum atomic E-state index is -0.0411. The van der Waals surface area contributed by atoms with E-state index in [1.807, 2.05) is 6.92 Å². The number of rotatable bonds is 3. The molecule has 100 valence electrons. The molecule has 0 unspecified atom stereocenters. The molecular formula is C12H20N4OS. The summed E-state index contributed by atoms with van der Waals surface area (Å²) >= 11 is 1.26. The Morgan fingerprint density at radius 2 is 2.22 bits per heavy atom. The standard InChI is InChI=1S/C12H20N4OS/c1-8-10(18-12(13)15-8)11(17)14-7-9-3-5-16(2)6-4-9/h9H,3-7H2,1-2H3,(H2,13,15)(H,14,17). The molecule has 2 rings (SSSR count). The Morgan fingerprint density at radius 1 is 1.56 bits per heavy atom. The lowest BCUT2D eigenvalue weighted by Crippen LogP contribution is -2.36. The SMILES string of the molecule is Cc1nc(N)sc1C(=O)NCC1CCN(C)CC1. The molecule has 1 saturated heterocycles. The van der Waals surface area contributed by atoms with Crippen LogP contribution < -0.4 is 11.1 Å². The number of nitrogens with zero attached hydrogens (tertiary/aromatic N) is 2. The summed E-state index contributed by atoms with van der Waals surface area (Å²) in [6, 6.07) is 0. The molecule has 3 N–H and O–H groups in total. The molecule has 6 heteroatoms. The molecule has 0 spiro atoms. The van der Waals surface area contributed by atoms with Gasteiger partial charge in [-0.3, -0.25) is 4.79 Å². The summed E-state index contributed by atoms with van der Waals surface area (Å²) in [5.74, 6) is 0.552. The average Bonchev–Trinajstić information content (AvgIpc) is 2.67. The van der Waals surface area contributed by atoms with E-state index in [1.165, 1.54) is 11.3 Å². The van der Waals surface area contributed by atoms with E-state index in [0.717, 1.165) is 38.2 Å². The first kappa shape index (κ1) is 13.3. The van der Waals surface area contributed by atoms with Crippen molar-refractivity contribution in [2.45, 2.75) is 19.8 Å². The highest BCUT2D eigenvalue weighted by Gasteiger charge is 2.19. The maximum absolute atomic E-state index is 12.0. The molecule has 0 saturated carbocycles. The second-order valence-electron chi connectivity index (χ2n) is 4.92. The van der Waals surface area contributed by atoms with Gasteiger partial charge in [0.2, 0.25) is 0 Å². The van der Waals surface area contributed by atoms with E-state index in [-0.39, 0.29) is 5.91 Å². The lowest BCUT2D eigenvalue weighted by molar-refractivity contribution is 0.0942. The van der Waals surface area contributed by atoms with E-state index in [0.29, 0.717) is 15.9 Å². The summed E-state index contributed by atoms with van der Waals surface area (Å²) in [7, 11) is 2.14. The number of nitrogens with two attached hydrogens (primary N) is 1. The number of hydrogen-bond acceptors (Lipinski definition) is 5. The van der Waals surface area contributed by atoms with E-state index < -0.39 is 0 Å². The lowest BCUT2D eigenvalue weighted by Gasteiger charge is -2.28. The zero-order chi connectivity index (χ0) is 13.1. The zero-order valence-corrected chi connectivity index (χ0v) is 11.7. The number of hydrogen-bond donors (Lipinski definition) is 2. The van der Waals surface area contributed by atoms with Gasteiger partial charge in [-0.1, -0.05) is 11.3 Å². The fourth-order valence-corrected chi connectivity index (χ4v) is 2.96. The number of aryl methyl sites for hydroxylation is 1. The van der Waals surface area contributed by atoms with Crippen LogP contribution in [0.3, 0.4) is 0 Å². The number of carbonyl (C=O) groups excluding carboxylic acids is 1. The van der Waals surface area contributed by atoms with Crippen LogP contribution in [0.4, 0.5) is 5.13 Å². The van der Waals surface area contributed by atoms with Gasteiger partial charge in [0.1, 0.15) is 4.88 Å². The van der Waals surface area contributed by atoms with Crippen molar-refractivity contribution in [1.82, 2.24) is 15.2 Å². The Kier molecular flexibility index (Phi) is 4.19. The van der Waals surface area contributed by atoms with Crippen molar-refractivity contribution < 1.29 is 4.79 Å². The van der Waals surface area contributed by atoms with E-state index in [2.05, 4.69) is 22.2 Å². The van der Waals surface area contributed by atoms with Gasteiger partial charge < -0.3 is 16.0 Å². The molecule has 2 heterocycles. The summed E-state index contributed by atoms with van der Waals surface area (Å²) in [5.41, 5.74) is 6.31. The van der Waals surface area contributed by atoms with Gasteiger partial charge in [0.15, 0.2) is 5.13 Å². The smallest absolute Gasteiger partial charge is 0.263 e. The quantitative estimate of drug-likeness (QED) is 0.861. The highest BCUT2D eigenvalue weighted by Crippen LogP contribution is 2.20. The van der Waals surface area contributed by atoms with Crippen molar-refractivity contribution in [3.63, 3.8) is 0 Å². The fraction of sp³-hybridized carbons (Fsp3) is 0.667. The monoisotopic (exact) mass is 268 g/mol. The highest BCUT2D eigenvalue weighted by atomic mass is 32.1. The van der Waals surface area contributed by atoms with Gasteiger partial charge in [0, 0.05) is 6.54 Å². The average molecular weight is 268 g/mol. The minimum Gasteiger partial charge on any atom is -0.375 e. The van der Waals surface area contributed by atoms with Crippen LogP contribution in [0.25, 0.3) is 0 Å². The largest absolute Gasteiger partial charge is 0.375 e. The number of nitrogens with one attached hydrogen (secondary N) is 1. The first-order valence-corrected chi connectivity index (χ1v) is 7.07. The maximum atomic E-state index is 12.0. The van der Waals surface area contributed by atoms with Crippen molar-refractivity contribution >= 4 is 22.4 Å². The summed E-state index contributed by atoms with van der Waals surface area (Å²) < 4.78 is 0.